The molecule has 2 N–H and O–H groups in total. The van der Waals surface area contributed by atoms with Crippen LogP contribution < -0.4 is 5.32 Å². The van der Waals surface area contributed by atoms with E-state index in [0.29, 0.717) is 18.4 Å². The number of aromatic nitrogens is 1. The number of aliphatic hydroxyl groups excluding tert-OH is 1. The lowest BCUT2D eigenvalue weighted by Gasteiger charge is -2.57. The van der Waals surface area contributed by atoms with Gasteiger partial charge >= 0.3 is 0 Å². The minimum atomic E-state index is -0.180. The van der Waals surface area contributed by atoms with Gasteiger partial charge in [-0.05, 0) is 97.7 Å². The summed E-state index contributed by atoms with van der Waals surface area (Å²) in [6, 6.07) is 3.78. The Morgan fingerprint density at radius 1 is 1.21 bits per heavy atom. The smallest absolute Gasteiger partial charge is 0.261 e. The summed E-state index contributed by atoms with van der Waals surface area (Å²) in [5.74, 6) is 1.94. The molecule has 178 valence electrons. The third kappa shape index (κ3) is 4.11. The fourth-order valence-electron chi connectivity index (χ4n) is 7.54. The molecule has 4 aliphatic carbocycles. The summed E-state index contributed by atoms with van der Waals surface area (Å²) in [6.45, 7) is 5.18. The lowest BCUT2D eigenvalue weighted by atomic mass is 9.47. The molecule has 3 saturated carbocycles. The number of allylic oxidation sites excluding steroid dienone is 2. The van der Waals surface area contributed by atoms with Crippen molar-refractivity contribution < 1.29 is 14.7 Å². The first kappa shape index (κ1) is 22.6. The van der Waals surface area contributed by atoms with Crippen molar-refractivity contribution in [3.8, 4) is 0 Å². The molecule has 1 heterocycles. The topological polar surface area (TPSA) is 83.8 Å². The number of rotatable bonds is 5. The number of aliphatic hydroxyl groups is 1. The van der Waals surface area contributed by atoms with Gasteiger partial charge in [0.25, 0.3) is 5.91 Å². The van der Waals surface area contributed by atoms with Crippen LogP contribution in [0.4, 0.5) is 0 Å². The highest BCUT2D eigenvalue weighted by Crippen LogP contribution is 2.65. The van der Waals surface area contributed by atoms with Gasteiger partial charge in [0, 0.05) is 18.9 Å². The standard InChI is InChI=1S/C27H37N3O3/c1-26-11-9-20(30-33-17-25(32)29-16-18-4-3-13-28-15-18)14-19(26)5-6-21-22-7-8-24(31)27(22,2)12-10-23(21)26/h3-4,13-15,21-24,31H,5-12,16-17H2,1-2H3,(H,29,32)/b30-20+/t21-,22-,23-,24-,26-,27-/m0/s1. The fourth-order valence-corrected chi connectivity index (χ4v) is 7.54. The Morgan fingerprint density at radius 2 is 2.09 bits per heavy atom. The molecule has 0 bridgehead atoms. The van der Waals surface area contributed by atoms with Gasteiger partial charge in [0.05, 0.1) is 11.8 Å². The van der Waals surface area contributed by atoms with E-state index in [4.69, 9.17) is 4.84 Å². The minimum Gasteiger partial charge on any atom is -0.393 e. The van der Waals surface area contributed by atoms with Crippen molar-refractivity contribution in [2.24, 2.45) is 33.7 Å². The predicted molar refractivity (Wildman–Crippen MR) is 127 cm³/mol. The van der Waals surface area contributed by atoms with Crippen molar-refractivity contribution in [3.05, 3.63) is 41.7 Å². The Bertz CT molecular complexity index is 945. The van der Waals surface area contributed by atoms with Crippen LogP contribution in [0.1, 0.15) is 70.8 Å². The lowest BCUT2D eigenvalue weighted by Crippen LogP contribution is -2.51. The molecule has 0 spiro atoms. The average molecular weight is 452 g/mol. The normalized spacial score (nSPS) is 38.6. The van der Waals surface area contributed by atoms with Crippen LogP contribution in [0.5, 0.6) is 0 Å². The Labute approximate surface area is 196 Å². The van der Waals surface area contributed by atoms with Crippen LogP contribution in [-0.2, 0) is 16.2 Å². The van der Waals surface area contributed by atoms with Crippen LogP contribution in [0.15, 0.2) is 41.3 Å². The van der Waals surface area contributed by atoms with E-state index >= 15 is 0 Å². The number of fused-ring (bicyclic) bond motifs is 5. The van der Waals surface area contributed by atoms with Crippen molar-refractivity contribution in [1.82, 2.24) is 10.3 Å². The first-order valence-electron chi connectivity index (χ1n) is 12.6. The molecule has 0 aliphatic heterocycles. The number of nitrogens with zero attached hydrogens (tertiary/aromatic N) is 2. The van der Waals surface area contributed by atoms with Gasteiger partial charge in [-0.15, -0.1) is 0 Å². The van der Waals surface area contributed by atoms with Crippen molar-refractivity contribution in [2.75, 3.05) is 6.61 Å². The molecule has 0 aromatic carbocycles. The van der Waals surface area contributed by atoms with Gasteiger partial charge in [-0.3, -0.25) is 9.78 Å². The van der Waals surface area contributed by atoms with E-state index in [0.717, 1.165) is 49.3 Å². The van der Waals surface area contributed by atoms with E-state index < -0.39 is 0 Å². The molecule has 6 atom stereocenters. The number of carbonyl (C=O) groups excluding carboxylic acids is 1. The summed E-state index contributed by atoms with van der Waals surface area (Å²) < 4.78 is 0. The molecule has 6 nitrogen and oxygen atoms in total. The zero-order valence-corrected chi connectivity index (χ0v) is 19.9. The minimum absolute atomic E-state index is 0.0719. The predicted octanol–water partition coefficient (Wildman–Crippen LogP) is 4.39. The average Bonchev–Trinajstić information content (AvgIpc) is 3.13. The molecular formula is C27H37N3O3. The lowest BCUT2D eigenvalue weighted by molar-refractivity contribution is -0.125. The van der Waals surface area contributed by atoms with Crippen LogP contribution >= 0.6 is 0 Å². The first-order valence-corrected chi connectivity index (χ1v) is 12.6. The monoisotopic (exact) mass is 451 g/mol. The zero-order chi connectivity index (χ0) is 23.1. The first-order chi connectivity index (χ1) is 15.9. The number of amides is 1. The molecule has 6 heteroatoms. The van der Waals surface area contributed by atoms with Gasteiger partial charge in [0.15, 0.2) is 6.61 Å². The number of carbonyl (C=O) groups is 1. The van der Waals surface area contributed by atoms with Gasteiger partial charge in [0.2, 0.25) is 0 Å². The van der Waals surface area contributed by atoms with E-state index in [9.17, 15) is 9.90 Å². The second-order valence-corrected chi connectivity index (χ2v) is 11.1. The Kier molecular flexibility index (Phi) is 6.06. The Balaban J connectivity index is 1.19. The fraction of sp³-hybridized carbons (Fsp3) is 0.667. The van der Waals surface area contributed by atoms with Crippen molar-refractivity contribution >= 4 is 11.6 Å². The van der Waals surface area contributed by atoms with Crippen molar-refractivity contribution in [3.63, 3.8) is 0 Å². The highest BCUT2D eigenvalue weighted by atomic mass is 16.6. The maximum absolute atomic E-state index is 12.1. The maximum atomic E-state index is 12.1. The SMILES string of the molecule is C[C@]12CC[C@H]3[C@@H](CCC4=C/C(=N/OCC(=O)NCc5cccnc5)CC[C@@]43C)[C@@H]1CC[C@@H]2O. The van der Waals surface area contributed by atoms with Gasteiger partial charge in [-0.25, -0.2) is 0 Å². The number of oxime groups is 1. The zero-order valence-electron chi connectivity index (χ0n) is 19.9. The second kappa shape index (κ2) is 8.86. The Morgan fingerprint density at radius 3 is 2.91 bits per heavy atom. The van der Waals surface area contributed by atoms with E-state index in [1.807, 2.05) is 12.1 Å². The van der Waals surface area contributed by atoms with Gasteiger partial charge in [-0.1, -0.05) is 30.6 Å². The third-order valence-electron chi connectivity index (χ3n) is 9.52. The van der Waals surface area contributed by atoms with Crippen LogP contribution in [0.3, 0.4) is 0 Å². The molecule has 1 aromatic heterocycles. The van der Waals surface area contributed by atoms with E-state index in [2.05, 4.69) is 35.4 Å². The van der Waals surface area contributed by atoms with Crippen LogP contribution in [0.25, 0.3) is 0 Å². The molecule has 4 aliphatic rings. The Hall–Kier alpha value is -2.21. The van der Waals surface area contributed by atoms with Gasteiger partial charge in [0.1, 0.15) is 0 Å². The number of nitrogens with one attached hydrogen (secondary N) is 1. The van der Waals surface area contributed by atoms with Crippen LogP contribution in [-0.4, -0.2) is 34.4 Å². The third-order valence-corrected chi connectivity index (χ3v) is 9.52. The molecule has 33 heavy (non-hydrogen) atoms. The maximum Gasteiger partial charge on any atom is 0.261 e. The highest BCUT2D eigenvalue weighted by molar-refractivity contribution is 5.96. The summed E-state index contributed by atoms with van der Waals surface area (Å²) in [5.41, 5.74) is 3.79. The van der Waals surface area contributed by atoms with E-state index in [1.165, 1.54) is 24.8 Å². The molecule has 0 saturated heterocycles. The summed E-state index contributed by atoms with van der Waals surface area (Å²) in [7, 11) is 0. The van der Waals surface area contributed by atoms with Gasteiger partial charge in [-0.2, -0.15) is 0 Å². The quantitative estimate of drug-likeness (QED) is 0.650. The van der Waals surface area contributed by atoms with Gasteiger partial charge < -0.3 is 15.3 Å². The molecule has 5 rings (SSSR count). The van der Waals surface area contributed by atoms with Crippen molar-refractivity contribution in [2.45, 2.75) is 77.9 Å². The van der Waals surface area contributed by atoms with E-state index in [1.54, 1.807) is 12.4 Å². The highest BCUT2D eigenvalue weighted by Gasteiger charge is 2.58. The number of hydrogen-bond donors (Lipinski definition) is 2. The number of pyridine rings is 1. The molecule has 0 unspecified atom stereocenters. The van der Waals surface area contributed by atoms with Crippen LogP contribution in [0.2, 0.25) is 0 Å². The summed E-state index contributed by atoms with van der Waals surface area (Å²) in [4.78, 5) is 21.5. The molecular weight excluding hydrogens is 414 g/mol. The summed E-state index contributed by atoms with van der Waals surface area (Å²) >= 11 is 0. The largest absolute Gasteiger partial charge is 0.393 e. The molecule has 3 fully saturated rings. The second-order valence-electron chi connectivity index (χ2n) is 11.1. The molecule has 0 radical (unpaired) electrons. The molecule has 1 amide bonds. The van der Waals surface area contributed by atoms with Crippen LogP contribution in [0, 0.1) is 28.6 Å². The number of hydrogen-bond acceptors (Lipinski definition) is 5. The molecule has 1 aromatic rings. The summed E-state index contributed by atoms with van der Waals surface area (Å²) in [6.07, 6.45) is 14.5. The van der Waals surface area contributed by atoms with E-state index in [-0.39, 0.29) is 29.4 Å². The summed E-state index contributed by atoms with van der Waals surface area (Å²) in [5, 5.41) is 17.8. The van der Waals surface area contributed by atoms with Crippen molar-refractivity contribution in [1.29, 1.82) is 0 Å².